The van der Waals surface area contributed by atoms with E-state index in [4.69, 9.17) is 4.98 Å². The van der Waals surface area contributed by atoms with Crippen LogP contribution in [0.1, 0.15) is 29.8 Å². The van der Waals surface area contributed by atoms with E-state index in [0.29, 0.717) is 29.3 Å². The Morgan fingerprint density at radius 1 is 1.09 bits per heavy atom. The molecule has 0 spiro atoms. The van der Waals surface area contributed by atoms with E-state index < -0.39 is 5.82 Å². The minimum Gasteiger partial charge on any atom is -0.339 e. The molecule has 0 atom stereocenters. The Labute approximate surface area is 192 Å². The zero-order valence-corrected chi connectivity index (χ0v) is 19.2. The molecule has 0 bridgehead atoms. The maximum absolute atomic E-state index is 14.8. The Morgan fingerprint density at radius 2 is 1.78 bits per heavy atom. The van der Waals surface area contributed by atoms with Gasteiger partial charge < -0.3 is 9.80 Å². The number of nitrogens with zero attached hydrogens (tertiary/aromatic N) is 4. The molecule has 1 fully saturated rings. The average Bonchev–Trinajstić information content (AvgIpc) is 2.83. The zero-order chi connectivity index (χ0) is 22.5. The summed E-state index contributed by atoms with van der Waals surface area (Å²) in [5, 5.41) is 0. The molecular weight excluding hydrogens is 423 g/mol. The fourth-order valence-electron chi connectivity index (χ4n) is 3.73. The van der Waals surface area contributed by atoms with Gasteiger partial charge in [-0.3, -0.25) is 4.79 Å². The minimum absolute atomic E-state index is 0.0463. The van der Waals surface area contributed by atoms with Crippen LogP contribution in [0.25, 0.3) is 11.3 Å². The predicted molar refractivity (Wildman–Crippen MR) is 128 cm³/mol. The lowest BCUT2D eigenvalue weighted by Crippen LogP contribution is -2.37. The van der Waals surface area contributed by atoms with Crippen LogP contribution in [0.5, 0.6) is 0 Å². The number of anilines is 1. The Kier molecular flexibility index (Phi) is 7.05. The summed E-state index contributed by atoms with van der Waals surface area (Å²) in [6, 6.07) is 16.3. The van der Waals surface area contributed by atoms with Crippen molar-refractivity contribution in [3.8, 4) is 11.3 Å². The number of halogens is 1. The second kappa shape index (κ2) is 10.1. The molecule has 1 amide bonds. The van der Waals surface area contributed by atoms with Crippen LogP contribution < -0.4 is 4.90 Å². The predicted octanol–water partition coefficient (Wildman–Crippen LogP) is 4.89. The first kappa shape index (κ1) is 22.3. The number of benzene rings is 2. The van der Waals surface area contributed by atoms with Gasteiger partial charge in [-0.2, -0.15) is 11.8 Å². The second-order valence-electron chi connectivity index (χ2n) is 8.02. The van der Waals surface area contributed by atoms with Crippen LogP contribution in [0.4, 0.5) is 10.3 Å². The average molecular weight is 451 g/mol. The molecule has 1 aromatic heterocycles. The Bertz CT molecular complexity index is 1070. The Hall–Kier alpha value is -2.93. The van der Waals surface area contributed by atoms with Crippen LogP contribution in [-0.4, -0.2) is 51.4 Å². The number of carbonyl (C=O) groups is 1. The summed E-state index contributed by atoms with van der Waals surface area (Å²) < 4.78 is 14.8. The van der Waals surface area contributed by atoms with Crippen LogP contribution >= 0.6 is 11.8 Å². The number of aromatic nitrogens is 2. The molecular formula is C25H27FN4OS. The smallest absolute Gasteiger partial charge is 0.258 e. The van der Waals surface area contributed by atoms with E-state index in [-0.39, 0.29) is 11.9 Å². The molecule has 0 N–H and O–H groups in total. The minimum atomic E-state index is -0.403. The lowest BCUT2D eigenvalue weighted by Gasteiger charge is -2.29. The quantitative estimate of drug-likeness (QED) is 0.535. The van der Waals surface area contributed by atoms with Crippen LogP contribution in [0.2, 0.25) is 0 Å². The van der Waals surface area contributed by atoms with E-state index in [1.165, 1.54) is 6.07 Å². The number of carbonyl (C=O) groups excluding carboxylic acids is 1. The van der Waals surface area contributed by atoms with Crippen molar-refractivity contribution >= 4 is 23.6 Å². The maximum atomic E-state index is 14.8. The van der Waals surface area contributed by atoms with Crippen LogP contribution in [-0.2, 0) is 6.54 Å². The monoisotopic (exact) mass is 450 g/mol. The molecule has 0 unspecified atom stereocenters. The number of hydrogen-bond acceptors (Lipinski definition) is 5. The van der Waals surface area contributed by atoms with Crippen molar-refractivity contribution < 1.29 is 9.18 Å². The lowest BCUT2D eigenvalue weighted by atomic mass is 10.0. The highest BCUT2D eigenvalue weighted by Gasteiger charge is 2.26. The van der Waals surface area contributed by atoms with Gasteiger partial charge in [0, 0.05) is 48.9 Å². The van der Waals surface area contributed by atoms with E-state index in [1.807, 2.05) is 55.9 Å². The Balaban J connectivity index is 1.75. The fourth-order valence-corrected chi connectivity index (χ4v) is 4.63. The van der Waals surface area contributed by atoms with Gasteiger partial charge >= 0.3 is 0 Å². The van der Waals surface area contributed by atoms with Gasteiger partial charge in [0.15, 0.2) is 0 Å². The molecule has 32 heavy (non-hydrogen) atoms. The molecule has 0 saturated carbocycles. The molecule has 0 aliphatic carbocycles. The zero-order valence-electron chi connectivity index (χ0n) is 18.4. The van der Waals surface area contributed by atoms with Gasteiger partial charge in [0.2, 0.25) is 5.95 Å². The van der Waals surface area contributed by atoms with Gasteiger partial charge in [-0.05, 0) is 31.5 Å². The first-order chi connectivity index (χ1) is 15.5. The largest absolute Gasteiger partial charge is 0.339 e. The second-order valence-corrected chi connectivity index (χ2v) is 9.25. The third-order valence-corrected chi connectivity index (χ3v) is 6.45. The number of thioether (sulfide) groups is 1. The fraction of sp³-hybridized carbons (Fsp3) is 0.320. The lowest BCUT2D eigenvalue weighted by molar-refractivity contribution is 0.0690. The molecule has 1 aliphatic heterocycles. The normalized spacial score (nSPS) is 13.9. The van der Waals surface area contributed by atoms with E-state index >= 15 is 0 Å². The number of rotatable bonds is 6. The summed E-state index contributed by atoms with van der Waals surface area (Å²) in [5.41, 5.74) is 2.00. The molecule has 0 radical (unpaired) electrons. The summed E-state index contributed by atoms with van der Waals surface area (Å²) in [7, 11) is 0. The van der Waals surface area contributed by atoms with Crippen molar-refractivity contribution in [1.29, 1.82) is 0 Å². The van der Waals surface area contributed by atoms with Gasteiger partial charge in [-0.25, -0.2) is 14.4 Å². The van der Waals surface area contributed by atoms with E-state index in [9.17, 15) is 9.18 Å². The molecule has 4 rings (SSSR count). The van der Waals surface area contributed by atoms with Crippen LogP contribution in [0.15, 0.2) is 60.8 Å². The third kappa shape index (κ3) is 4.93. The first-order valence-corrected chi connectivity index (χ1v) is 12.0. The summed E-state index contributed by atoms with van der Waals surface area (Å²) in [4.78, 5) is 26.8. The van der Waals surface area contributed by atoms with Crippen molar-refractivity contribution in [3.05, 3.63) is 77.7 Å². The van der Waals surface area contributed by atoms with E-state index in [2.05, 4.69) is 9.88 Å². The third-order valence-electron chi connectivity index (χ3n) is 5.51. The van der Waals surface area contributed by atoms with Crippen molar-refractivity contribution in [1.82, 2.24) is 14.9 Å². The van der Waals surface area contributed by atoms with E-state index in [0.717, 1.165) is 30.2 Å². The molecule has 7 heteroatoms. The molecule has 166 valence electrons. The van der Waals surface area contributed by atoms with E-state index in [1.54, 1.807) is 29.3 Å². The molecule has 1 saturated heterocycles. The SMILES string of the molecule is CC(C)N(Cc1ccccc1)C(=O)c1cnc(N2CCSCC2)nc1-c1ccccc1F. The number of amides is 1. The van der Waals surface area contributed by atoms with Gasteiger partial charge in [0.05, 0.1) is 11.3 Å². The highest BCUT2D eigenvalue weighted by molar-refractivity contribution is 7.99. The molecule has 5 nitrogen and oxygen atoms in total. The standard InChI is InChI=1S/C25H27FN4OS/c1-18(2)30(17-19-8-4-3-5-9-19)24(31)21-16-27-25(29-12-14-32-15-13-29)28-23(21)20-10-6-7-11-22(20)26/h3-11,16,18H,12-15,17H2,1-2H3. The summed E-state index contributed by atoms with van der Waals surface area (Å²) in [5.74, 6) is 1.93. The summed E-state index contributed by atoms with van der Waals surface area (Å²) in [6.07, 6.45) is 1.56. The van der Waals surface area contributed by atoms with Gasteiger partial charge in [0.1, 0.15) is 5.82 Å². The summed E-state index contributed by atoms with van der Waals surface area (Å²) >= 11 is 1.89. The number of hydrogen-bond donors (Lipinski definition) is 0. The Morgan fingerprint density at radius 3 is 2.47 bits per heavy atom. The van der Waals surface area contributed by atoms with Crippen molar-refractivity contribution in [2.75, 3.05) is 29.5 Å². The van der Waals surface area contributed by atoms with Crippen molar-refractivity contribution in [2.24, 2.45) is 0 Å². The maximum Gasteiger partial charge on any atom is 0.258 e. The van der Waals surface area contributed by atoms with Crippen LogP contribution in [0, 0.1) is 5.82 Å². The molecule has 3 aromatic rings. The van der Waals surface area contributed by atoms with Gasteiger partial charge in [0.25, 0.3) is 5.91 Å². The van der Waals surface area contributed by atoms with Crippen molar-refractivity contribution in [2.45, 2.75) is 26.4 Å². The topological polar surface area (TPSA) is 49.3 Å². The first-order valence-electron chi connectivity index (χ1n) is 10.8. The van der Waals surface area contributed by atoms with Crippen molar-refractivity contribution in [3.63, 3.8) is 0 Å². The molecule has 2 aromatic carbocycles. The van der Waals surface area contributed by atoms with Crippen LogP contribution in [0.3, 0.4) is 0 Å². The highest BCUT2D eigenvalue weighted by atomic mass is 32.2. The molecule has 1 aliphatic rings. The molecule has 2 heterocycles. The highest BCUT2D eigenvalue weighted by Crippen LogP contribution is 2.28. The van der Waals surface area contributed by atoms with Gasteiger partial charge in [-0.1, -0.05) is 42.5 Å². The van der Waals surface area contributed by atoms with Gasteiger partial charge in [-0.15, -0.1) is 0 Å². The summed E-state index contributed by atoms with van der Waals surface area (Å²) in [6.45, 7) is 6.08.